The van der Waals surface area contributed by atoms with Gasteiger partial charge in [0.1, 0.15) is 12.4 Å². The highest BCUT2D eigenvalue weighted by molar-refractivity contribution is 9.10. The van der Waals surface area contributed by atoms with Gasteiger partial charge in [-0.25, -0.2) is 0 Å². The van der Waals surface area contributed by atoms with Crippen LogP contribution in [0.15, 0.2) is 22.7 Å². The van der Waals surface area contributed by atoms with Crippen LogP contribution in [-0.4, -0.2) is 13.2 Å². The van der Waals surface area contributed by atoms with Crippen LogP contribution in [0, 0.1) is 24.2 Å². The Hall–Kier alpha value is -0.980. The molecule has 1 aliphatic carbocycles. The first-order valence-corrected chi connectivity index (χ1v) is 8.05. The second-order valence-electron chi connectivity index (χ2n) is 5.54. The van der Waals surface area contributed by atoms with Crippen molar-refractivity contribution in [2.24, 2.45) is 11.8 Å². The molecule has 0 spiro atoms. The Morgan fingerprint density at radius 3 is 3.00 bits per heavy atom. The van der Waals surface area contributed by atoms with Gasteiger partial charge in [0.05, 0.1) is 0 Å². The zero-order chi connectivity index (χ0) is 14.4. The average Bonchev–Trinajstić information content (AvgIpc) is 2.84. The number of nitrogens with one attached hydrogen (secondary N) is 1. The molecule has 1 aromatic carbocycles. The maximum Gasteiger partial charge on any atom is 0.148 e. The molecule has 0 heterocycles. The molecule has 0 bridgehead atoms. The molecule has 108 valence electrons. The summed E-state index contributed by atoms with van der Waals surface area (Å²) < 4.78 is 6.65. The van der Waals surface area contributed by atoms with Gasteiger partial charge >= 0.3 is 0 Å². The van der Waals surface area contributed by atoms with Crippen molar-refractivity contribution in [3.05, 3.63) is 28.2 Å². The van der Waals surface area contributed by atoms with Gasteiger partial charge in [-0.2, -0.15) is 0 Å². The summed E-state index contributed by atoms with van der Waals surface area (Å²) in [5.41, 5.74) is 1.15. The van der Waals surface area contributed by atoms with Crippen molar-refractivity contribution in [2.45, 2.75) is 32.7 Å². The minimum Gasteiger partial charge on any atom is -0.481 e. The molecule has 0 amide bonds. The topological polar surface area (TPSA) is 21.3 Å². The van der Waals surface area contributed by atoms with Crippen molar-refractivity contribution in [1.82, 2.24) is 5.32 Å². The third-order valence-electron chi connectivity index (χ3n) is 4.09. The zero-order valence-corrected chi connectivity index (χ0v) is 13.6. The molecule has 0 radical (unpaired) electrons. The molecule has 2 atom stereocenters. The summed E-state index contributed by atoms with van der Waals surface area (Å²) in [6, 6.07) is 6.04. The third-order valence-corrected chi connectivity index (χ3v) is 4.59. The van der Waals surface area contributed by atoms with Gasteiger partial charge in [-0.05, 0) is 43.0 Å². The van der Waals surface area contributed by atoms with Crippen LogP contribution in [0.2, 0.25) is 0 Å². The van der Waals surface area contributed by atoms with Gasteiger partial charge in [-0.15, -0.1) is 6.42 Å². The Morgan fingerprint density at radius 2 is 2.30 bits per heavy atom. The van der Waals surface area contributed by atoms with Gasteiger partial charge in [-0.3, -0.25) is 0 Å². The largest absolute Gasteiger partial charge is 0.481 e. The van der Waals surface area contributed by atoms with Gasteiger partial charge in [0.25, 0.3) is 0 Å². The van der Waals surface area contributed by atoms with Crippen LogP contribution in [0.1, 0.15) is 31.7 Å². The highest BCUT2D eigenvalue weighted by atomic mass is 79.9. The first-order valence-electron chi connectivity index (χ1n) is 7.26. The summed E-state index contributed by atoms with van der Waals surface area (Å²) >= 11 is 3.51. The number of ether oxygens (including phenoxy) is 1. The van der Waals surface area contributed by atoms with E-state index < -0.39 is 0 Å². The number of halogens is 1. The van der Waals surface area contributed by atoms with Gasteiger partial charge in [0.2, 0.25) is 0 Å². The van der Waals surface area contributed by atoms with Gasteiger partial charge in [0, 0.05) is 16.6 Å². The maximum atomic E-state index is 5.59. The Morgan fingerprint density at radius 1 is 1.45 bits per heavy atom. The van der Waals surface area contributed by atoms with Crippen molar-refractivity contribution >= 4 is 15.9 Å². The van der Waals surface area contributed by atoms with Crippen LogP contribution < -0.4 is 10.1 Å². The Balaban J connectivity index is 1.90. The van der Waals surface area contributed by atoms with E-state index in [-0.39, 0.29) is 0 Å². The van der Waals surface area contributed by atoms with E-state index in [2.05, 4.69) is 40.2 Å². The molecule has 2 unspecified atom stereocenters. The molecule has 1 saturated carbocycles. The lowest BCUT2D eigenvalue weighted by molar-refractivity contribution is 0.360. The van der Waals surface area contributed by atoms with E-state index in [0.717, 1.165) is 40.7 Å². The average molecular weight is 336 g/mol. The number of benzene rings is 1. The molecule has 0 saturated heterocycles. The van der Waals surface area contributed by atoms with Gasteiger partial charge in [-0.1, -0.05) is 41.6 Å². The molecule has 1 aliphatic rings. The van der Waals surface area contributed by atoms with Crippen LogP contribution in [-0.2, 0) is 6.54 Å². The lowest BCUT2D eigenvalue weighted by Gasteiger charge is -2.17. The molecule has 1 fully saturated rings. The SMILES string of the molecule is C#CCOc1ccc(Br)cc1CNCC1CCCC1C. The fraction of sp³-hybridized carbons (Fsp3) is 0.529. The Labute approximate surface area is 130 Å². The predicted molar refractivity (Wildman–Crippen MR) is 86.7 cm³/mol. The lowest BCUT2D eigenvalue weighted by Crippen LogP contribution is -2.24. The highest BCUT2D eigenvalue weighted by Crippen LogP contribution is 2.30. The molecule has 0 aromatic heterocycles. The summed E-state index contributed by atoms with van der Waals surface area (Å²) in [6.07, 6.45) is 9.36. The summed E-state index contributed by atoms with van der Waals surface area (Å²) in [6.45, 7) is 4.58. The summed E-state index contributed by atoms with van der Waals surface area (Å²) in [4.78, 5) is 0. The summed E-state index contributed by atoms with van der Waals surface area (Å²) in [7, 11) is 0. The first-order chi connectivity index (χ1) is 9.70. The number of rotatable bonds is 6. The standard InChI is InChI=1S/C17H22BrNO/c1-3-9-20-17-8-7-16(18)10-15(17)12-19-11-14-6-4-5-13(14)2/h1,7-8,10,13-14,19H,4-6,9,11-12H2,2H3. The summed E-state index contributed by atoms with van der Waals surface area (Å²) in [5.74, 6) is 5.05. The number of hydrogen-bond donors (Lipinski definition) is 1. The van der Waals surface area contributed by atoms with Gasteiger partial charge in [0.15, 0.2) is 0 Å². The highest BCUT2D eigenvalue weighted by Gasteiger charge is 2.22. The fourth-order valence-corrected chi connectivity index (χ4v) is 3.27. The Bertz CT molecular complexity index is 480. The van der Waals surface area contributed by atoms with E-state index >= 15 is 0 Å². The van der Waals surface area contributed by atoms with Crippen LogP contribution in [0.4, 0.5) is 0 Å². The summed E-state index contributed by atoms with van der Waals surface area (Å²) in [5, 5.41) is 3.57. The quantitative estimate of drug-likeness (QED) is 0.793. The maximum absolute atomic E-state index is 5.59. The van der Waals surface area contributed by atoms with Crippen molar-refractivity contribution in [2.75, 3.05) is 13.2 Å². The van der Waals surface area contributed by atoms with Crippen molar-refractivity contribution in [3.63, 3.8) is 0 Å². The van der Waals surface area contributed by atoms with Crippen molar-refractivity contribution in [3.8, 4) is 18.1 Å². The number of hydrogen-bond acceptors (Lipinski definition) is 2. The molecule has 0 aliphatic heterocycles. The van der Waals surface area contributed by atoms with E-state index in [9.17, 15) is 0 Å². The minimum absolute atomic E-state index is 0.314. The monoisotopic (exact) mass is 335 g/mol. The third kappa shape index (κ3) is 4.26. The van der Waals surface area contributed by atoms with Crippen molar-refractivity contribution in [1.29, 1.82) is 0 Å². The molecule has 2 nitrogen and oxygen atoms in total. The fourth-order valence-electron chi connectivity index (χ4n) is 2.86. The molecular formula is C17H22BrNO. The first kappa shape index (κ1) is 15.4. The van der Waals surface area contributed by atoms with Crippen LogP contribution in [0.25, 0.3) is 0 Å². The van der Waals surface area contributed by atoms with Crippen LogP contribution in [0.5, 0.6) is 5.75 Å². The lowest BCUT2D eigenvalue weighted by atomic mass is 9.98. The smallest absolute Gasteiger partial charge is 0.148 e. The molecule has 20 heavy (non-hydrogen) atoms. The van der Waals surface area contributed by atoms with E-state index in [0.29, 0.717) is 6.61 Å². The van der Waals surface area contributed by atoms with Gasteiger partial charge < -0.3 is 10.1 Å². The molecule has 1 aromatic rings. The van der Waals surface area contributed by atoms with E-state index in [1.807, 2.05) is 12.1 Å². The predicted octanol–water partition coefficient (Wildman–Crippen LogP) is 3.99. The second-order valence-corrected chi connectivity index (χ2v) is 6.46. The molecule has 3 heteroatoms. The molecular weight excluding hydrogens is 314 g/mol. The second kappa shape index (κ2) is 7.71. The molecule has 2 rings (SSSR count). The Kier molecular flexibility index (Phi) is 5.94. The van der Waals surface area contributed by atoms with E-state index in [1.54, 1.807) is 0 Å². The zero-order valence-electron chi connectivity index (χ0n) is 12.0. The van der Waals surface area contributed by atoms with Crippen LogP contribution in [0.3, 0.4) is 0 Å². The van der Waals surface area contributed by atoms with Crippen LogP contribution >= 0.6 is 15.9 Å². The number of terminal acetylenes is 1. The van der Waals surface area contributed by atoms with E-state index in [1.165, 1.54) is 19.3 Å². The van der Waals surface area contributed by atoms with E-state index in [4.69, 9.17) is 11.2 Å². The normalized spacial score (nSPS) is 21.6. The molecule has 1 N–H and O–H groups in total. The minimum atomic E-state index is 0.314. The van der Waals surface area contributed by atoms with Crippen molar-refractivity contribution < 1.29 is 4.74 Å².